The molecule has 0 fully saturated rings. The normalized spacial score (nSPS) is 14.8. The predicted octanol–water partition coefficient (Wildman–Crippen LogP) is 1.68. The average Bonchev–Trinajstić information content (AvgIpc) is 2.02. The second-order valence-corrected chi connectivity index (χ2v) is 3.97. The first-order chi connectivity index (χ1) is 6.42. The molecule has 1 aromatic carbocycles. The van der Waals surface area contributed by atoms with Gasteiger partial charge < -0.3 is 10.8 Å². The van der Waals surface area contributed by atoms with E-state index in [2.05, 4.69) is 0 Å². The van der Waals surface area contributed by atoms with Crippen LogP contribution in [-0.4, -0.2) is 16.6 Å². The Morgan fingerprint density at radius 3 is 2.79 bits per heavy atom. The molecule has 0 spiro atoms. The van der Waals surface area contributed by atoms with E-state index in [1.807, 2.05) is 0 Å². The van der Waals surface area contributed by atoms with Gasteiger partial charge in [-0.3, -0.25) is 4.79 Å². The van der Waals surface area contributed by atoms with Crippen LogP contribution in [0, 0.1) is 0 Å². The lowest BCUT2D eigenvalue weighted by Gasteiger charge is -2.18. The number of rotatable bonds is 3. The Hall–Kier alpha value is -1.06. The van der Waals surface area contributed by atoms with Gasteiger partial charge in [-0.05, 0) is 24.6 Å². The van der Waals surface area contributed by atoms with Crippen LogP contribution in [0.4, 0.5) is 0 Å². The second kappa shape index (κ2) is 3.98. The molecule has 1 unspecified atom stereocenters. The van der Waals surface area contributed by atoms with E-state index < -0.39 is 11.5 Å². The number of hydrogen-bond acceptors (Lipinski definition) is 2. The Kier molecular flexibility index (Phi) is 3.13. The third kappa shape index (κ3) is 2.72. The smallest absolute Gasteiger partial charge is 0.323 e. The molecule has 3 N–H and O–H groups in total. The van der Waals surface area contributed by atoms with Gasteiger partial charge in [0, 0.05) is 11.4 Å². The molecule has 1 atom stereocenters. The Morgan fingerprint density at radius 1 is 1.64 bits per heavy atom. The van der Waals surface area contributed by atoms with Crippen molar-refractivity contribution in [3.63, 3.8) is 0 Å². The molecule has 0 aliphatic carbocycles. The lowest BCUT2D eigenvalue weighted by atomic mass is 9.94. The summed E-state index contributed by atoms with van der Waals surface area (Å²) < 4.78 is 0. The third-order valence-electron chi connectivity index (χ3n) is 1.95. The number of carboxylic acids is 1. The minimum absolute atomic E-state index is 0.267. The van der Waals surface area contributed by atoms with Crippen LogP contribution in [0.5, 0.6) is 0 Å². The van der Waals surface area contributed by atoms with E-state index in [4.69, 9.17) is 22.4 Å². The fourth-order valence-corrected chi connectivity index (χ4v) is 1.36. The molecule has 14 heavy (non-hydrogen) atoms. The van der Waals surface area contributed by atoms with Crippen molar-refractivity contribution in [1.29, 1.82) is 0 Å². The summed E-state index contributed by atoms with van der Waals surface area (Å²) in [6.07, 6.45) is 0.267. The first kappa shape index (κ1) is 11.0. The minimum atomic E-state index is -1.25. The first-order valence-electron chi connectivity index (χ1n) is 4.18. The van der Waals surface area contributed by atoms with E-state index in [0.717, 1.165) is 5.56 Å². The maximum absolute atomic E-state index is 10.8. The molecule has 76 valence electrons. The largest absolute Gasteiger partial charge is 0.480 e. The SMILES string of the molecule is CC(N)(Cc1cccc(Cl)c1)C(=O)O. The fraction of sp³-hybridized carbons (Fsp3) is 0.300. The van der Waals surface area contributed by atoms with Gasteiger partial charge in [0.2, 0.25) is 0 Å². The summed E-state index contributed by atoms with van der Waals surface area (Å²) in [5.41, 5.74) is 5.18. The van der Waals surface area contributed by atoms with Crippen molar-refractivity contribution in [3.8, 4) is 0 Å². The Morgan fingerprint density at radius 2 is 2.29 bits per heavy atom. The molecule has 0 radical (unpaired) electrons. The first-order valence-corrected chi connectivity index (χ1v) is 4.56. The number of carboxylic acid groups (broad SMARTS) is 1. The highest BCUT2D eigenvalue weighted by Crippen LogP contribution is 2.15. The van der Waals surface area contributed by atoms with Crippen molar-refractivity contribution in [2.75, 3.05) is 0 Å². The van der Waals surface area contributed by atoms with Crippen LogP contribution in [0.25, 0.3) is 0 Å². The second-order valence-electron chi connectivity index (χ2n) is 3.53. The molecule has 0 aromatic heterocycles. The maximum atomic E-state index is 10.8. The summed E-state index contributed by atoms with van der Waals surface area (Å²) in [6.45, 7) is 1.48. The minimum Gasteiger partial charge on any atom is -0.480 e. The van der Waals surface area contributed by atoms with E-state index >= 15 is 0 Å². The Bertz CT molecular complexity index is 350. The number of carbonyl (C=O) groups is 1. The van der Waals surface area contributed by atoms with Gasteiger partial charge in [-0.1, -0.05) is 23.7 Å². The zero-order valence-corrected chi connectivity index (χ0v) is 8.58. The van der Waals surface area contributed by atoms with Gasteiger partial charge in [-0.15, -0.1) is 0 Å². The van der Waals surface area contributed by atoms with Crippen LogP contribution in [-0.2, 0) is 11.2 Å². The molecule has 0 saturated carbocycles. The summed E-state index contributed by atoms with van der Waals surface area (Å²) >= 11 is 5.77. The molecule has 0 bridgehead atoms. The van der Waals surface area contributed by atoms with Crippen molar-refractivity contribution in [2.24, 2.45) is 5.73 Å². The van der Waals surface area contributed by atoms with E-state index in [9.17, 15) is 4.79 Å². The van der Waals surface area contributed by atoms with Crippen molar-refractivity contribution in [1.82, 2.24) is 0 Å². The van der Waals surface area contributed by atoms with E-state index in [-0.39, 0.29) is 6.42 Å². The van der Waals surface area contributed by atoms with Crippen LogP contribution < -0.4 is 5.73 Å². The lowest BCUT2D eigenvalue weighted by Crippen LogP contribution is -2.46. The predicted molar refractivity (Wildman–Crippen MR) is 55.4 cm³/mol. The Balaban J connectivity index is 2.83. The zero-order valence-electron chi connectivity index (χ0n) is 7.83. The number of aliphatic carboxylic acids is 1. The molecule has 4 heteroatoms. The molecule has 1 rings (SSSR count). The van der Waals surface area contributed by atoms with Crippen LogP contribution in [0.15, 0.2) is 24.3 Å². The van der Waals surface area contributed by atoms with Crippen LogP contribution in [0.2, 0.25) is 5.02 Å². The van der Waals surface area contributed by atoms with E-state index in [1.165, 1.54) is 6.92 Å². The van der Waals surface area contributed by atoms with Gasteiger partial charge >= 0.3 is 5.97 Å². The quantitative estimate of drug-likeness (QED) is 0.803. The van der Waals surface area contributed by atoms with Gasteiger partial charge in [0.1, 0.15) is 5.54 Å². The highest BCUT2D eigenvalue weighted by atomic mass is 35.5. The molecule has 0 aliphatic heterocycles. The van der Waals surface area contributed by atoms with Crippen LogP contribution in [0.3, 0.4) is 0 Å². The van der Waals surface area contributed by atoms with E-state index in [0.29, 0.717) is 5.02 Å². The topological polar surface area (TPSA) is 63.3 Å². The van der Waals surface area contributed by atoms with Crippen LogP contribution in [0.1, 0.15) is 12.5 Å². The number of hydrogen-bond donors (Lipinski definition) is 2. The molecule has 0 heterocycles. The molecule has 0 aliphatic rings. The highest BCUT2D eigenvalue weighted by Gasteiger charge is 2.27. The Labute approximate surface area is 87.5 Å². The molecule has 0 amide bonds. The van der Waals surface area contributed by atoms with Crippen molar-refractivity contribution < 1.29 is 9.90 Å². The average molecular weight is 214 g/mol. The fourth-order valence-electron chi connectivity index (χ4n) is 1.15. The molecular formula is C10H12ClNO2. The van der Waals surface area contributed by atoms with Crippen LogP contribution >= 0.6 is 11.6 Å². The highest BCUT2D eigenvalue weighted by molar-refractivity contribution is 6.30. The lowest BCUT2D eigenvalue weighted by molar-refractivity contribution is -0.142. The summed E-state index contributed by atoms with van der Waals surface area (Å²) in [4.78, 5) is 10.8. The molecule has 0 saturated heterocycles. The van der Waals surface area contributed by atoms with Gasteiger partial charge in [0.05, 0.1) is 0 Å². The summed E-state index contributed by atoms with van der Waals surface area (Å²) in [5.74, 6) is -1.02. The summed E-state index contributed by atoms with van der Waals surface area (Å²) in [7, 11) is 0. The van der Waals surface area contributed by atoms with Crippen molar-refractivity contribution in [3.05, 3.63) is 34.9 Å². The maximum Gasteiger partial charge on any atom is 0.323 e. The molecule has 1 aromatic rings. The van der Waals surface area contributed by atoms with Gasteiger partial charge in [-0.25, -0.2) is 0 Å². The zero-order chi connectivity index (χ0) is 10.8. The third-order valence-corrected chi connectivity index (χ3v) is 2.18. The summed E-state index contributed by atoms with van der Waals surface area (Å²) in [6, 6.07) is 7.03. The molecule has 3 nitrogen and oxygen atoms in total. The number of halogens is 1. The van der Waals surface area contributed by atoms with Gasteiger partial charge in [-0.2, -0.15) is 0 Å². The molecular weight excluding hydrogens is 202 g/mol. The monoisotopic (exact) mass is 213 g/mol. The van der Waals surface area contributed by atoms with Crippen molar-refractivity contribution in [2.45, 2.75) is 18.9 Å². The van der Waals surface area contributed by atoms with Crippen molar-refractivity contribution >= 4 is 17.6 Å². The van der Waals surface area contributed by atoms with Gasteiger partial charge in [0.15, 0.2) is 0 Å². The number of nitrogens with two attached hydrogens (primary N) is 1. The summed E-state index contributed by atoms with van der Waals surface area (Å²) in [5, 5.41) is 9.40. The van der Waals surface area contributed by atoms with Gasteiger partial charge in [0.25, 0.3) is 0 Å². The standard InChI is InChI=1S/C10H12ClNO2/c1-10(12,9(13)14)6-7-3-2-4-8(11)5-7/h2-5H,6,12H2,1H3,(H,13,14). The van der Waals surface area contributed by atoms with E-state index in [1.54, 1.807) is 24.3 Å². The number of benzene rings is 1.